The van der Waals surface area contributed by atoms with Gasteiger partial charge < -0.3 is 14.8 Å². The average Bonchev–Trinajstić information content (AvgIpc) is 2.63. The maximum atomic E-state index is 12.2. The molecular weight excluding hydrogens is 427 g/mol. The molecule has 0 heterocycles. The Morgan fingerprint density at radius 3 is 2.32 bits per heavy atom. The van der Waals surface area contributed by atoms with Crippen molar-refractivity contribution < 1.29 is 22.7 Å². The molecule has 0 spiro atoms. The molecule has 2 rings (SSSR count). The van der Waals surface area contributed by atoms with E-state index < -0.39 is 22.5 Å². The van der Waals surface area contributed by atoms with E-state index in [-0.39, 0.29) is 23.9 Å². The zero-order valence-electron chi connectivity index (χ0n) is 15.3. The van der Waals surface area contributed by atoms with Crippen molar-refractivity contribution in [2.24, 2.45) is 0 Å². The minimum atomic E-state index is -3.73. The maximum absolute atomic E-state index is 12.2. The average molecular weight is 447 g/mol. The van der Waals surface area contributed by atoms with E-state index in [0.29, 0.717) is 16.5 Å². The van der Waals surface area contributed by atoms with Crippen LogP contribution >= 0.6 is 23.2 Å². The molecule has 0 saturated heterocycles. The highest BCUT2D eigenvalue weighted by Crippen LogP contribution is 2.30. The molecule has 0 bridgehead atoms. The van der Waals surface area contributed by atoms with Gasteiger partial charge in [-0.1, -0.05) is 23.2 Å². The van der Waals surface area contributed by atoms with Crippen LogP contribution in [0.15, 0.2) is 42.5 Å². The largest absolute Gasteiger partial charge is 0.497 e. The Morgan fingerprint density at radius 1 is 1.11 bits per heavy atom. The molecule has 1 amide bonds. The third kappa shape index (κ3) is 6.47. The van der Waals surface area contributed by atoms with E-state index in [0.717, 1.165) is 10.6 Å². The summed E-state index contributed by atoms with van der Waals surface area (Å²) >= 11 is 11.9. The lowest BCUT2D eigenvalue weighted by Gasteiger charge is -2.23. The van der Waals surface area contributed by atoms with Crippen molar-refractivity contribution in [2.75, 3.05) is 37.4 Å². The number of nitrogens with one attached hydrogen (secondary N) is 1. The monoisotopic (exact) mass is 446 g/mol. The fourth-order valence-electron chi connectivity index (χ4n) is 2.28. The molecule has 10 heteroatoms. The summed E-state index contributed by atoms with van der Waals surface area (Å²) in [5, 5.41) is 3.11. The second-order valence-corrected chi connectivity index (χ2v) is 8.49. The van der Waals surface area contributed by atoms with Crippen LogP contribution in [0.1, 0.15) is 0 Å². The molecule has 2 aromatic rings. The molecule has 0 aliphatic rings. The molecule has 0 aliphatic carbocycles. The summed E-state index contributed by atoms with van der Waals surface area (Å²) in [5.41, 5.74) is 0.179. The summed E-state index contributed by atoms with van der Waals surface area (Å²) < 4.78 is 35.7. The van der Waals surface area contributed by atoms with Crippen molar-refractivity contribution in [3.8, 4) is 11.5 Å². The van der Waals surface area contributed by atoms with Gasteiger partial charge in [0.05, 0.1) is 30.6 Å². The molecule has 0 saturated carbocycles. The molecule has 0 aromatic heterocycles. The number of carbonyl (C=O) groups is 1. The smallest absolute Gasteiger partial charge is 0.240 e. The Balaban J connectivity index is 1.91. The van der Waals surface area contributed by atoms with E-state index in [1.807, 2.05) is 0 Å². The highest BCUT2D eigenvalue weighted by molar-refractivity contribution is 7.92. The van der Waals surface area contributed by atoms with Crippen molar-refractivity contribution in [3.05, 3.63) is 52.5 Å². The summed E-state index contributed by atoms with van der Waals surface area (Å²) in [6.07, 6.45) is 0.998. The van der Waals surface area contributed by atoms with E-state index in [4.69, 9.17) is 32.7 Å². The Bertz CT molecular complexity index is 920. The number of nitrogens with zero attached hydrogens (tertiary/aromatic N) is 1. The Labute approximate surface area is 174 Å². The topological polar surface area (TPSA) is 84.9 Å². The highest BCUT2D eigenvalue weighted by Gasteiger charge is 2.23. The van der Waals surface area contributed by atoms with Gasteiger partial charge in [-0.2, -0.15) is 0 Å². The number of hydrogen-bond donors (Lipinski definition) is 1. The summed E-state index contributed by atoms with van der Waals surface area (Å²) in [6.45, 7) is 0.0121. The molecule has 28 heavy (non-hydrogen) atoms. The van der Waals surface area contributed by atoms with Gasteiger partial charge in [0.25, 0.3) is 0 Å². The van der Waals surface area contributed by atoms with Crippen molar-refractivity contribution in [2.45, 2.75) is 0 Å². The van der Waals surface area contributed by atoms with Crippen LogP contribution in [0.25, 0.3) is 0 Å². The molecule has 1 N–H and O–H groups in total. The zero-order chi connectivity index (χ0) is 20.7. The number of anilines is 1. The lowest BCUT2D eigenvalue weighted by atomic mass is 10.3. The first kappa shape index (κ1) is 22.1. The molecule has 0 unspecified atom stereocenters. The highest BCUT2D eigenvalue weighted by atomic mass is 35.5. The van der Waals surface area contributed by atoms with E-state index in [1.165, 1.54) is 18.2 Å². The molecule has 0 atom stereocenters. The SMILES string of the molecule is COc1ccc(OCCNC(=O)CN(c2ccc(Cl)cc2Cl)S(C)(=O)=O)cc1. The minimum absolute atomic E-state index is 0.133. The summed E-state index contributed by atoms with van der Waals surface area (Å²) in [5.74, 6) is 0.845. The molecule has 2 aromatic carbocycles. The second kappa shape index (κ2) is 9.86. The Kier molecular flexibility index (Phi) is 7.79. The van der Waals surface area contributed by atoms with Crippen LogP contribution < -0.4 is 19.1 Å². The van der Waals surface area contributed by atoms with Crippen LogP contribution in [0.2, 0.25) is 10.0 Å². The number of carbonyl (C=O) groups excluding carboxylic acids is 1. The van der Waals surface area contributed by atoms with Gasteiger partial charge in [-0.15, -0.1) is 0 Å². The van der Waals surface area contributed by atoms with Crippen molar-refractivity contribution >= 4 is 44.8 Å². The van der Waals surface area contributed by atoms with E-state index in [9.17, 15) is 13.2 Å². The van der Waals surface area contributed by atoms with E-state index >= 15 is 0 Å². The van der Waals surface area contributed by atoms with Crippen molar-refractivity contribution in [1.82, 2.24) is 5.32 Å². The van der Waals surface area contributed by atoms with Gasteiger partial charge in [-0.25, -0.2) is 8.42 Å². The van der Waals surface area contributed by atoms with Crippen molar-refractivity contribution in [3.63, 3.8) is 0 Å². The van der Waals surface area contributed by atoms with Crippen LogP contribution in [0, 0.1) is 0 Å². The third-order valence-electron chi connectivity index (χ3n) is 3.62. The minimum Gasteiger partial charge on any atom is -0.497 e. The first-order valence-corrected chi connectivity index (χ1v) is 10.8. The third-order valence-corrected chi connectivity index (χ3v) is 5.28. The molecule has 7 nitrogen and oxygen atoms in total. The molecule has 0 fully saturated rings. The number of hydrogen-bond acceptors (Lipinski definition) is 5. The lowest BCUT2D eigenvalue weighted by Crippen LogP contribution is -2.41. The number of benzene rings is 2. The fraction of sp³-hybridized carbons (Fsp3) is 0.278. The maximum Gasteiger partial charge on any atom is 0.240 e. The fourth-order valence-corrected chi connectivity index (χ4v) is 3.71. The van der Waals surface area contributed by atoms with Gasteiger partial charge in [0.15, 0.2) is 0 Å². The van der Waals surface area contributed by atoms with Gasteiger partial charge in [0, 0.05) is 5.02 Å². The Morgan fingerprint density at radius 2 is 1.75 bits per heavy atom. The van der Waals surface area contributed by atoms with Gasteiger partial charge in [0.2, 0.25) is 15.9 Å². The van der Waals surface area contributed by atoms with Crippen LogP contribution in [0.5, 0.6) is 11.5 Å². The second-order valence-electron chi connectivity index (χ2n) is 5.74. The number of methoxy groups -OCH3 is 1. The molecule has 152 valence electrons. The van der Waals surface area contributed by atoms with Crippen molar-refractivity contribution in [1.29, 1.82) is 0 Å². The van der Waals surface area contributed by atoms with Gasteiger partial charge in [-0.3, -0.25) is 9.10 Å². The zero-order valence-corrected chi connectivity index (χ0v) is 17.6. The van der Waals surface area contributed by atoms with Crippen LogP contribution in [-0.2, 0) is 14.8 Å². The van der Waals surface area contributed by atoms with Crippen LogP contribution in [0.4, 0.5) is 5.69 Å². The molecular formula is C18H20Cl2N2O5S. The molecule has 0 aliphatic heterocycles. The summed E-state index contributed by atoms with van der Waals surface area (Å²) in [6, 6.07) is 11.4. The van der Waals surface area contributed by atoms with Gasteiger partial charge in [-0.05, 0) is 42.5 Å². The summed E-state index contributed by atoms with van der Waals surface area (Å²) in [4.78, 5) is 12.2. The quantitative estimate of drug-likeness (QED) is 0.598. The predicted octanol–water partition coefficient (Wildman–Crippen LogP) is 2.96. The number of amides is 1. The van der Waals surface area contributed by atoms with Crippen LogP contribution in [-0.4, -0.2) is 47.4 Å². The van der Waals surface area contributed by atoms with Gasteiger partial charge >= 0.3 is 0 Å². The number of sulfonamides is 1. The van der Waals surface area contributed by atoms with Gasteiger partial charge in [0.1, 0.15) is 24.7 Å². The van der Waals surface area contributed by atoms with Crippen LogP contribution in [0.3, 0.4) is 0 Å². The Hall–Kier alpha value is -2.16. The standard InChI is InChI=1S/C18H20Cl2N2O5S/c1-26-14-4-6-15(7-5-14)27-10-9-21-18(23)12-22(28(2,24)25)17-8-3-13(19)11-16(17)20/h3-8,11H,9-10,12H2,1-2H3,(H,21,23). The first-order chi connectivity index (χ1) is 13.2. The first-order valence-electron chi connectivity index (χ1n) is 8.17. The molecule has 0 radical (unpaired) electrons. The number of ether oxygens (including phenoxy) is 2. The number of rotatable bonds is 9. The normalized spacial score (nSPS) is 11.0. The van der Waals surface area contributed by atoms with E-state index in [1.54, 1.807) is 31.4 Å². The summed E-state index contributed by atoms with van der Waals surface area (Å²) in [7, 11) is -2.15. The predicted molar refractivity (Wildman–Crippen MR) is 110 cm³/mol. The van der Waals surface area contributed by atoms with E-state index in [2.05, 4.69) is 5.32 Å². The number of halogens is 2. The lowest BCUT2D eigenvalue weighted by molar-refractivity contribution is -0.119.